The van der Waals surface area contributed by atoms with Crippen molar-refractivity contribution in [2.75, 3.05) is 7.11 Å². The van der Waals surface area contributed by atoms with E-state index in [1.165, 1.54) is 0 Å². The summed E-state index contributed by atoms with van der Waals surface area (Å²) in [6.07, 6.45) is 1.25. The molecule has 1 aromatic carbocycles. The number of carboxylic acid groups (broad SMARTS) is 1. The van der Waals surface area contributed by atoms with E-state index >= 15 is 0 Å². The van der Waals surface area contributed by atoms with E-state index in [1.807, 2.05) is 32.0 Å². The van der Waals surface area contributed by atoms with E-state index in [0.29, 0.717) is 18.8 Å². The quantitative estimate of drug-likeness (QED) is 0.870. The number of methoxy groups -OCH3 is 1. The molecule has 4 heteroatoms. The maximum Gasteiger partial charge on any atom is 0.306 e. The summed E-state index contributed by atoms with van der Waals surface area (Å²) in [6.45, 7) is 4.08. The summed E-state index contributed by atoms with van der Waals surface area (Å²) >= 11 is 3.41. The zero-order chi connectivity index (χ0) is 13.7. The smallest absolute Gasteiger partial charge is 0.306 e. The van der Waals surface area contributed by atoms with Gasteiger partial charge < -0.3 is 9.84 Å². The minimum atomic E-state index is -0.726. The average molecular weight is 315 g/mol. The number of hydrogen-bond acceptors (Lipinski definition) is 2. The highest BCUT2D eigenvalue weighted by atomic mass is 79.9. The third-order valence-electron chi connectivity index (χ3n) is 2.80. The molecule has 0 fully saturated rings. The Morgan fingerprint density at radius 3 is 2.56 bits per heavy atom. The van der Waals surface area contributed by atoms with Gasteiger partial charge in [0, 0.05) is 0 Å². The lowest BCUT2D eigenvalue weighted by Crippen LogP contribution is -2.18. The van der Waals surface area contributed by atoms with Gasteiger partial charge in [-0.05, 0) is 52.4 Å². The first-order valence-corrected chi connectivity index (χ1v) is 6.78. The molecule has 0 saturated heterocycles. The molecule has 0 aliphatic rings. The second kappa shape index (κ2) is 6.78. The van der Waals surface area contributed by atoms with Gasteiger partial charge in [-0.1, -0.05) is 19.9 Å². The maximum atomic E-state index is 11.2. The first-order valence-electron chi connectivity index (χ1n) is 5.99. The van der Waals surface area contributed by atoms with Crippen LogP contribution in [0.1, 0.15) is 25.8 Å². The number of aliphatic carboxylic acids is 1. The Balaban J connectivity index is 2.81. The lowest BCUT2D eigenvalue weighted by molar-refractivity contribution is -0.142. The molecule has 0 aliphatic heterocycles. The monoisotopic (exact) mass is 314 g/mol. The van der Waals surface area contributed by atoms with Crippen LogP contribution >= 0.6 is 15.9 Å². The third-order valence-corrected chi connectivity index (χ3v) is 3.42. The largest absolute Gasteiger partial charge is 0.496 e. The normalized spacial score (nSPS) is 12.5. The van der Waals surface area contributed by atoms with Gasteiger partial charge in [-0.2, -0.15) is 0 Å². The molecular formula is C14H19BrO3. The summed E-state index contributed by atoms with van der Waals surface area (Å²) in [5.41, 5.74) is 1.01. The Hall–Kier alpha value is -1.03. The van der Waals surface area contributed by atoms with Crippen molar-refractivity contribution in [3.05, 3.63) is 28.2 Å². The molecular weight excluding hydrogens is 296 g/mol. The minimum absolute atomic E-state index is 0.328. The molecule has 0 aliphatic carbocycles. The summed E-state index contributed by atoms with van der Waals surface area (Å²) < 4.78 is 6.01. The van der Waals surface area contributed by atoms with Gasteiger partial charge in [-0.25, -0.2) is 0 Å². The van der Waals surface area contributed by atoms with Crippen LogP contribution in [-0.2, 0) is 11.2 Å². The molecule has 0 saturated carbocycles. The third kappa shape index (κ3) is 4.33. The molecule has 3 nitrogen and oxygen atoms in total. The standard InChI is InChI=1S/C14H19BrO3/c1-9(2)6-11(14(16)17)7-10-4-5-13(18-3)12(15)8-10/h4-5,8-9,11H,6-7H2,1-3H3,(H,16,17). The SMILES string of the molecule is COc1ccc(CC(CC(C)C)C(=O)O)cc1Br. The molecule has 100 valence electrons. The number of carbonyl (C=O) groups is 1. The van der Waals surface area contributed by atoms with Crippen molar-refractivity contribution < 1.29 is 14.6 Å². The van der Waals surface area contributed by atoms with Gasteiger partial charge >= 0.3 is 5.97 Å². The average Bonchev–Trinajstić information content (AvgIpc) is 2.27. The number of hydrogen-bond donors (Lipinski definition) is 1. The molecule has 1 atom stereocenters. The molecule has 1 unspecified atom stereocenters. The number of benzene rings is 1. The Morgan fingerprint density at radius 2 is 2.11 bits per heavy atom. The first kappa shape index (κ1) is 15.0. The van der Waals surface area contributed by atoms with Crippen molar-refractivity contribution in [1.29, 1.82) is 0 Å². The minimum Gasteiger partial charge on any atom is -0.496 e. The molecule has 0 bridgehead atoms. The van der Waals surface area contributed by atoms with Gasteiger partial charge in [-0.15, -0.1) is 0 Å². The highest BCUT2D eigenvalue weighted by Gasteiger charge is 2.19. The molecule has 0 radical (unpaired) electrons. The van der Waals surface area contributed by atoms with Gasteiger partial charge in [0.25, 0.3) is 0 Å². The summed E-state index contributed by atoms with van der Waals surface area (Å²) in [7, 11) is 1.61. The van der Waals surface area contributed by atoms with Crippen molar-refractivity contribution >= 4 is 21.9 Å². The van der Waals surface area contributed by atoms with Crippen molar-refractivity contribution in [2.24, 2.45) is 11.8 Å². The fourth-order valence-electron chi connectivity index (χ4n) is 1.96. The lowest BCUT2D eigenvalue weighted by Gasteiger charge is -2.15. The molecule has 0 aromatic heterocycles. The van der Waals surface area contributed by atoms with Crippen molar-refractivity contribution in [1.82, 2.24) is 0 Å². The predicted molar refractivity (Wildman–Crippen MR) is 75.0 cm³/mol. The van der Waals surface area contributed by atoms with Gasteiger partial charge in [0.15, 0.2) is 0 Å². The van der Waals surface area contributed by atoms with E-state index in [0.717, 1.165) is 15.8 Å². The van der Waals surface area contributed by atoms with Gasteiger partial charge in [-0.3, -0.25) is 4.79 Å². The predicted octanol–water partition coefficient (Wildman–Crippen LogP) is 3.75. The van der Waals surface area contributed by atoms with Crippen LogP contribution in [0.5, 0.6) is 5.75 Å². The fourth-order valence-corrected chi connectivity index (χ4v) is 2.55. The Bertz CT molecular complexity index is 416. The van der Waals surface area contributed by atoms with Crippen LogP contribution in [-0.4, -0.2) is 18.2 Å². The number of rotatable bonds is 6. The Kier molecular flexibility index (Phi) is 5.66. The van der Waals surface area contributed by atoms with Gasteiger partial charge in [0.2, 0.25) is 0 Å². The van der Waals surface area contributed by atoms with Crippen molar-refractivity contribution in [3.63, 3.8) is 0 Å². The lowest BCUT2D eigenvalue weighted by atomic mass is 9.91. The molecule has 18 heavy (non-hydrogen) atoms. The second-order valence-corrected chi connectivity index (χ2v) is 5.69. The van der Waals surface area contributed by atoms with Crippen LogP contribution in [0.3, 0.4) is 0 Å². The first-order chi connectivity index (χ1) is 8.43. The number of ether oxygens (including phenoxy) is 1. The van der Waals surface area contributed by atoms with Crippen LogP contribution < -0.4 is 4.74 Å². The van der Waals surface area contributed by atoms with Crippen LogP contribution in [0.25, 0.3) is 0 Å². The highest BCUT2D eigenvalue weighted by Crippen LogP contribution is 2.27. The molecule has 1 aromatic rings. The van der Waals surface area contributed by atoms with Gasteiger partial charge in [0.1, 0.15) is 5.75 Å². The van der Waals surface area contributed by atoms with E-state index in [4.69, 9.17) is 4.74 Å². The fraction of sp³-hybridized carbons (Fsp3) is 0.500. The second-order valence-electron chi connectivity index (χ2n) is 4.84. The molecule has 0 amide bonds. The molecule has 0 spiro atoms. The van der Waals surface area contributed by atoms with Crippen LogP contribution in [0.4, 0.5) is 0 Å². The van der Waals surface area contributed by atoms with E-state index in [-0.39, 0.29) is 5.92 Å². The summed E-state index contributed by atoms with van der Waals surface area (Å²) in [4.78, 5) is 11.2. The Morgan fingerprint density at radius 1 is 1.44 bits per heavy atom. The molecule has 1 N–H and O–H groups in total. The van der Waals surface area contributed by atoms with E-state index in [2.05, 4.69) is 15.9 Å². The summed E-state index contributed by atoms with van der Waals surface area (Å²) in [5, 5.41) is 9.22. The summed E-state index contributed by atoms with van der Waals surface area (Å²) in [5.74, 6) is 0.0863. The maximum absolute atomic E-state index is 11.2. The number of carboxylic acids is 1. The zero-order valence-electron chi connectivity index (χ0n) is 10.9. The van der Waals surface area contributed by atoms with Crippen molar-refractivity contribution in [3.8, 4) is 5.75 Å². The Labute approximate surface area is 116 Å². The highest BCUT2D eigenvalue weighted by molar-refractivity contribution is 9.10. The molecule has 1 rings (SSSR count). The van der Waals surface area contributed by atoms with Crippen LogP contribution in [0.15, 0.2) is 22.7 Å². The summed E-state index contributed by atoms with van der Waals surface area (Å²) in [6, 6.07) is 5.70. The van der Waals surface area contributed by atoms with Gasteiger partial charge in [0.05, 0.1) is 17.5 Å². The van der Waals surface area contributed by atoms with Crippen molar-refractivity contribution in [2.45, 2.75) is 26.7 Å². The van der Waals surface area contributed by atoms with E-state index in [9.17, 15) is 9.90 Å². The van der Waals surface area contributed by atoms with E-state index < -0.39 is 5.97 Å². The van der Waals surface area contributed by atoms with Crippen LogP contribution in [0, 0.1) is 11.8 Å². The topological polar surface area (TPSA) is 46.5 Å². The zero-order valence-corrected chi connectivity index (χ0v) is 12.5. The molecule has 0 heterocycles. The van der Waals surface area contributed by atoms with E-state index in [1.54, 1.807) is 7.11 Å². The van der Waals surface area contributed by atoms with Crippen LogP contribution in [0.2, 0.25) is 0 Å². The number of halogens is 1.